The summed E-state index contributed by atoms with van der Waals surface area (Å²) in [6.07, 6.45) is 3.79. The maximum absolute atomic E-state index is 12.0. The Morgan fingerprint density at radius 1 is 1.38 bits per heavy atom. The van der Waals surface area contributed by atoms with Gasteiger partial charge in [-0.2, -0.15) is 0 Å². The van der Waals surface area contributed by atoms with Crippen LogP contribution in [0, 0.1) is 5.92 Å². The minimum Gasteiger partial charge on any atom is -0.481 e. The second-order valence-corrected chi connectivity index (χ2v) is 5.73. The third-order valence-electron chi connectivity index (χ3n) is 4.17. The zero-order valence-corrected chi connectivity index (χ0v) is 13.1. The number of carbonyl (C=O) groups is 2. The second-order valence-electron chi connectivity index (χ2n) is 5.73. The van der Waals surface area contributed by atoms with E-state index < -0.39 is 5.97 Å². The third-order valence-corrected chi connectivity index (χ3v) is 4.17. The Hall–Kier alpha value is -1.14. The van der Waals surface area contributed by atoms with Gasteiger partial charge in [0.2, 0.25) is 5.91 Å². The van der Waals surface area contributed by atoms with Gasteiger partial charge < -0.3 is 15.2 Å². The number of likely N-dealkylation sites (tertiary alicyclic amines) is 1. The van der Waals surface area contributed by atoms with Gasteiger partial charge in [0.1, 0.15) is 0 Å². The molecule has 21 heavy (non-hydrogen) atoms. The highest BCUT2D eigenvalue weighted by atomic mass is 16.5. The number of ether oxygens (including phenoxy) is 1. The number of aliphatic carboxylic acids is 1. The van der Waals surface area contributed by atoms with E-state index in [2.05, 4.69) is 10.2 Å². The van der Waals surface area contributed by atoms with Crippen LogP contribution in [0.15, 0.2) is 0 Å². The molecule has 0 aromatic rings. The lowest BCUT2D eigenvalue weighted by atomic mass is 9.91. The van der Waals surface area contributed by atoms with Crippen molar-refractivity contribution in [1.29, 1.82) is 0 Å². The van der Waals surface area contributed by atoms with Crippen molar-refractivity contribution in [3.05, 3.63) is 0 Å². The van der Waals surface area contributed by atoms with Crippen LogP contribution in [0.5, 0.6) is 0 Å². The van der Waals surface area contributed by atoms with E-state index in [9.17, 15) is 9.59 Å². The molecule has 1 rings (SSSR count). The van der Waals surface area contributed by atoms with E-state index in [1.807, 2.05) is 6.92 Å². The molecule has 0 bridgehead atoms. The van der Waals surface area contributed by atoms with Crippen LogP contribution in [0.4, 0.5) is 0 Å². The molecule has 1 aliphatic heterocycles. The van der Waals surface area contributed by atoms with Crippen LogP contribution in [0.1, 0.15) is 39.0 Å². The molecule has 1 unspecified atom stereocenters. The fourth-order valence-corrected chi connectivity index (χ4v) is 2.70. The van der Waals surface area contributed by atoms with Crippen molar-refractivity contribution in [2.24, 2.45) is 5.92 Å². The minimum atomic E-state index is -0.721. The van der Waals surface area contributed by atoms with Crippen LogP contribution in [-0.4, -0.2) is 61.3 Å². The van der Waals surface area contributed by atoms with Gasteiger partial charge in [-0.25, -0.2) is 0 Å². The lowest BCUT2D eigenvalue weighted by Crippen LogP contribution is -2.48. The fourth-order valence-electron chi connectivity index (χ4n) is 2.70. The van der Waals surface area contributed by atoms with Crippen LogP contribution in [0.2, 0.25) is 0 Å². The van der Waals surface area contributed by atoms with Crippen molar-refractivity contribution in [2.75, 3.05) is 33.4 Å². The Balaban J connectivity index is 2.22. The molecule has 2 N–H and O–H groups in total. The molecule has 0 aliphatic carbocycles. The van der Waals surface area contributed by atoms with E-state index >= 15 is 0 Å². The molecule has 0 radical (unpaired) electrons. The first-order valence-electron chi connectivity index (χ1n) is 7.77. The first-order valence-corrected chi connectivity index (χ1v) is 7.77. The van der Waals surface area contributed by atoms with Gasteiger partial charge in [-0.3, -0.25) is 14.5 Å². The summed E-state index contributed by atoms with van der Waals surface area (Å²) in [6.45, 7) is 4.98. The molecular weight excluding hydrogens is 272 g/mol. The van der Waals surface area contributed by atoms with Crippen molar-refractivity contribution in [3.8, 4) is 0 Å². The number of rotatable bonds is 9. The molecule has 1 aliphatic rings. The highest BCUT2D eigenvalue weighted by Crippen LogP contribution is 2.23. The third kappa shape index (κ3) is 6.91. The van der Waals surface area contributed by atoms with Crippen molar-refractivity contribution >= 4 is 11.9 Å². The molecule has 1 atom stereocenters. The van der Waals surface area contributed by atoms with Gasteiger partial charge in [-0.1, -0.05) is 0 Å². The van der Waals surface area contributed by atoms with E-state index in [0.717, 1.165) is 38.8 Å². The lowest BCUT2D eigenvalue weighted by molar-refractivity contribution is -0.137. The molecule has 1 heterocycles. The van der Waals surface area contributed by atoms with Gasteiger partial charge in [-0.05, 0) is 51.6 Å². The van der Waals surface area contributed by atoms with Gasteiger partial charge in [-0.15, -0.1) is 0 Å². The highest BCUT2D eigenvalue weighted by molar-refractivity contribution is 5.81. The van der Waals surface area contributed by atoms with Crippen LogP contribution in [0.3, 0.4) is 0 Å². The number of methoxy groups -OCH3 is 1. The molecule has 0 saturated carbocycles. The minimum absolute atomic E-state index is 0.0649. The molecule has 1 saturated heterocycles. The molecule has 0 aromatic heterocycles. The molecule has 1 fully saturated rings. The zero-order valence-electron chi connectivity index (χ0n) is 13.1. The van der Waals surface area contributed by atoms with Crippen molar-refractivity contribution in [3.63, 3.8) is 0 Å². The number of nitrogens with zero attached hydrogens (tertiary/aromatic N) is 1. The van der Waals surface area contributed by atoms with Crippen LogP contribution < -0.4 is 5.32 Å². The molecule has 6 heteroatoms. The number of carboxylic acid groups (broad SMARTS) is 1. The first kappa shape index (κ1) is 17.9. The first-order chi connectivity index (χ1) is 10.0. The van der Waals surface area contributed by atoms with Crippen LogP contribution >= 0.6 is 0 Å². The normalized spacial score (nSPS) is 18.4. The Morgan fingerprint density at radius 2 is 2.05 bits per heavy atom. The quantitative estimate of drug-likeness (QED) is 0.624. The smallest absolute Gasteiger partial charge is 0.303 e. The predicted octanol–water partition coefficient (Wildman–Crippen LogP) is 1.10. The topological polar surface area (TPSA) is 78.9 Å². The monoisotopic (exact) mass is 300 g/mol. The summed E-state index contributed by atoms with van der Waals surface area (Å²) in [5.41, 5.74) is 0. The fraction of sp³-hybridized carbons (Fsp3) is 0.867. The maximum atomic E-state index is 12.0. The zero-order chi connectivity index (χ0) is 15.7. The van der Waals surface area contributed by atoms with Gasteiger partial charge >= 0.3 is 5.97 Å². The standard InChI is InChI=1S/C15H28N2O4/c1-12(15(20)16-8-3-11-21-2)17-9-6-13(7-10-17)4-5-14(18)19/h12-13H,3-11H2,1-2H3,(H,16,20)(H,18,19). The van der Waals surface area contributed by atoms with E-state index in [4.69, 9.17) is 9.84 Å². The van der Waals surface area contributed by atoms with Gasteiger partial charge in [0.05, 0.1) is 6.04 Å². The SMILES string of the molecule is COCCCNC(=O)C(C)N1CCC(CCC(=O)O)CC1. The summed E-state index contributed by atoms with van der Waals surface area (Å²) in [6, 6.07) is -0.118. The van der Waals surface area contributed by atoms with E-state index in [0.29, 0.717) is 19.1 Å². The van der Waals surface area contributed by atoms with Gasteiger partial charge in [0, 0.05) is 26.7 Å². The Kier molecular flexibility index (Phi) is 8.30. The number of hydrogen-bond acceptors (Lipinski definition) is 4. The summed E-state index contributed by atoms with van der Waals surface area (Å²) in [7, 11) is 1.65. The summed E-state index contributed by atoms with van der Waals surface area (Å²) in [5.74, 6) is -0.175. The number of amides is 1. The van der Waals surface area contributed by atoms with Crippen LogP contribution in [-0.2, 0) is 14.3 Å². The number of carbonyl (C=O) groups excluding carboxylic acids is 1. The summed E-state index contributed by atoms with van der Waals surface area (Å²) in [5, 5.41) is 11.6. The number of hydrogen-bond donors (Lipinski definition) is 2. The maximum Gasteiger partial charge on any atom is 0.303 e. The van der Waals surface area contributed by atoms with Crippen molar-refractivity contribution in [1.82, 2.24) is 10.2 Å². The van der Waals surface area contributed by atoms with Crippen molar-refractivity contribution in [2.45, 2.75) is 45.1 Å². The lowest BCUT2D eigenvalue weighted by Gasteiger charge is -2.35. The Labute approximate surface area is 126 Å². The number of nitrogens with one attached hydrogen (secondary N) is 1. The highest BCUT2D eigenvalue weighted by Gasteiger charge is 2.26. The largest absolute Gasteiger partial charge is 0.481 e. The van der Waals surface area contributed by atoms with E-state index in [1.54, 1.807) is 7.11 Å². The Bertz CT molecular complexity index is 328. The summed E-state index contributed by atoms with van der Waals surface area (Å²) in [4.78, 5) is 24.8. The summed E-state index contributed by atoms with van der Waals surface area (Å²) >= 11 is 0. The number of piperidine rings is 1. The van der Waals surface area contributed by atoms with Crippen LogP contribution in [0.25, 0.3) is 0 Å². The average Bonchev–Trinajstić information content (AvgIpc) is 2.49. The predicted molar refractivity (Wildman–Crippen MR) is 80.1 cm³/mol. The number of carboxylic acids is 1. The van der Waals surface area contributed by atoms with E-state index in [-0.39, 0.29) is 18.4 Å². The Morgan fingerprint density at radius 3 is 2.62 bits per heavy atom. The molecule has 1 amide bonds. The molecule has 0 aromatic carbocycles. The van der Waals surface area contributed by atoms with Crippen molar-refractivity contribution < 1.29 is 19.4 Å². The van der Waals surface area contributed by atoms with Gasteiger partial charge in [0.25, 0.3) is 0 Å². The molecule has 6 nitrogen and oxygen atoms in total. The van der Waals surface area contributed by atoms with E-state index in [1.165, 1.54) is 0 Å². The van der Waals surface area contributed by atoms with Gasteiger partial charge in [0.15, 0.2) is 0 Å². The molecule has 0 spiro atoms. The average molecular weight is 300 g/mol. The summed E-state index contributed by atoms with van der Waals surface area (Å²) < 4.78 is 4.95. The molecular formula is C15H28N2O4. The second kappa shape index (κ2) is 9.73. The molecule has 122 valence electrons.